The fourth-order valence-corrected chi connectivity index (χ4v) is 2.23. The molecule has 7 heteroatoms. The van der Waals surface area contributed by atoms with E-state index in [0.29, 0.717) is 23.9 Å². The zero-order valence-electron chi connectivity index (χ0n) is 11.5. The average Bonchev–Trinajstić information content (AvgIpc) is 2.37. The summed E-state index contributed by atoms with van der Waals surface area (Å²) in [4.78, 5) is 10.4. The molecule has 0 amide bonds. The van der Waals surface area contributed by atoms with Gasteiger partial charge in [-0.05, 0) is 37.0 Å². The summed E-state index contributed by atoms with van der Waals surface area (Å²) in [5.41, 5.74) is -0.675. The average molecular weight is 368 g/mol. The molecule has 1 unspecified atom stereocenters. The van der Waals surface area contributed by atoms with Crippen molar-refractivity contribution in [2.45, 2.75) is 32.4 Å². The predicted molar refractivity (Wildman–Crippen MR) is 78.3 cm³/mol. The van der Waals surface area contributed by atoms with Crippen LogP contribution < -0.4 is 5.32 Å². The van der Waals surface area contributed by atoms with E-state index in [1.807, 2.05) is 6.92 Å². The maximum Gasteiger partial charge on any atom is 0.418 e. The van der Waals surface area contributed by atoms with Crippen LogP contribution in [0.2, 0.25) is 0 Å². The Morgan fingerprint density at radius 3 is 2.62 bits per heavy atom. The first-order valence-electron chi connectivity index (χ1n) is 6.52. The number of alkyl halides is 3. The molecule has 0 saturated heterocycles. The van der Waals surface area contributed by atoms with Gasteiger partial charge in [-0.2, -0.15) is 13.2 Å². The van der Waals surface area contributed by atoms with Crippen LogP contribution in [0.15, 0.2) is 22.7 Å². The minimum atomic E-state index is -4.42. The Morgan fingerprint density at radius 1 is 1.38 bits per heavy atom. The van der Waals surface area contributed by atoms with Gasteiger partial charge < -0.3 is 10.4 Å². The molecule has 0 radical (unpaired) electrons. The number of carbonyl (C=O) groups is 1. The number of rotatable bonds is 7. The van der Waals surface area contributed by atoms with Crippen LogP contribution in [0.3, 0.4) is 0 Å². The maximum absolute atomic E-state index is 12.9. The van der Waals surface area contributed by atoms with Gasteiger partial charge in [-0.3, -0.25) is 4.79 Å². The van der Waals surface area contributed by atoms with Crippen molar-refractivity contribution < 1.29 is 23.1 Å². The highest BCUT2D eigenvalue weighted by Crippen LogP contribution is 2.36. The van der Waals surface area contributed by atoms with Gasteiger partial charge in [0.25, 0.3) is 0 Å². The molecule has 0 fully saturated rings. The number of carboxylic acid groups (broad SMARTS) is 1. The lowest BCUT2D eigenvalue weighted by Crippen LogP contribution is -2.13. The number of hydrogen-bond donors (Lipinski definition) is 2. The van der Waals surface area contributed by atoms with E-state index < -0.39 is 17.7 Å². The molecular weight excluding hydrogens is 351 g/mol. The second-order valence-corrected chi connectivity index (χ2v) is 5.86. The van der Waals surface area contributed by atoms with E-state index in [1.165, 1.54) is 6.07 Å². The molecule has 2 N–H and O–H groups in total. The third-order valence-electron chi connectivity index (χ3n) is 3.09. The van der Waals surface area contributed by atoms with Gasteiger partial charge in [0.2, 0.25) is 0 Å². The standard InChI is InChI=1S/C14H17BrF3NO2/c1-9(2-5-13(20)21)6-7-19-12-4-3-10(15)8-11(12)14(16,17)18/h3-4,8-9,19H,2,5-7H2,1H3,(H,20,21). The Labute approximate surface area is 129 Å². The minimum absolute atomic E-state index is 0.0381. The molecule has 1 atom stereocenters. The van der Waals surface area contributed by atoms with Crippen LogP contribution in [0.5, 0.6) is 0 Å². The second-order valence-electron chi connectivity index (χ2n) is 4.94. The molecule has 0 saturated carbocycles. The molecule has 1 aromatic carbocycles. The van der Waals surface area contributed by atoms with Crippen molar-refractivity contribution in [1.29, 1.82) is 0 Å². The van der Waals surface area contributed by atoms with Gasteiger partial charge in [0, 0.05) is 23.1 Å². The summed E-state index contributed by atoms with van der Waals surface area (Å²) in [6.07, 6.45) is -3.21. The smallest absolute Gasteiger partial charge is 0.418 e. The highest BCUT2D eigenvalue weighted by molar-refractivity contribution is 9.10. The highest BCUT2D eigenvalue weighted by atomic mass is 79.9. The Morgan fingerprint density at radius 2 is 2.05 bits per heavy atom. The zero-order chi connectivity index (χ0) is 16.0. The summed E-state index contributed by atoms with van der Waals surface area (Å²) >= 11 is 3.03. The summed E-state index contributed by atoms with van der Waals surface area (Å²) in [5.74, 6) is -0.722. The van der Waals surface area contributed by atoms with Crippen LogP contribution in [-0.4, -0.2) is 17.6 Å². The van der Waals surface area contributed by atoms with Crippen molar-refractivity contribution in [3.63, 3.8) is 0 Å². The molecule has 0 spiro atoms. The van der Waals surface area contributed by atoms with Gasteiger partial charge in [0.05, 0.1) is 5.56 Å². The number of halogens is 4. The van der Waals surface area contributed by atoms with E-state index in [2.05, 4.69) is 21.2 Å². The van der Waals surface area contributed by atoms with Crippen LogP contribution in [0.1, 0.15) is 31.7 Å². The van der Waals surface area contributed by atoms with Crippen LogP contribution >= 0.6 is 15.9 Å². The van der Waals surface area contributed by atoms with E-state index in [0.717, 1.165) is 6.07 Å². The van der Waals surface area contributed by atoms with E-state index in [4.69, 9.17) is 5.11 Å². The molecule has 0 aliphatic rings. The van der Waals surface area contributed by atoms with Crippen LogP contribution in [0.4, 0.5) is 18.9 Å². The molecule has 1 aromatic rings. The Hall–Kier alpha value is -1.24. The number of benzene rings is 1. The number of aliphatic carboxylic acids is 1. The molecule has 0 aliphatic carbocycles. The van der Waals surface area contributed by atoms with Gasteiger partial charge >= 0.3 is 12.1 Å². The van der Waals surface area contributed by atoms with Crippen LogP contribution in [0, 0.1) is 5.92 Å². The summed E-state index contributed by atoms with van der Waals surface area (Å²) in [5, 5.41) is 11.3. The molecule has 0 heterocycles. The quantitative estimate of drug-likeness (QED) is 0.729. The largest absolute Gasteiger partial charge is 0.481 e. The van der Waals surface area contributed by atoms with Gasteiger partial charge in [-0.15, -0.1) is 0 Å². The number of anilines is 1. The van der Waals surface area contributed by atoms with E-state index >= 15 is 0 Å². The fourth-order valence-electron chi connectivity index (χ4n) is 1.87. The van der Waals surface area contributed by atoms with Gasteiger partial charge in [0.1, 0.15) is 0 Å². The first kappa shape index (κ1) is 17.8. The van der Waals surface area contributed by atoms with Crippen LogP contribution in [0.25, 0.3) is 0 Å². The van der Waals surface area contributed by atoms with E-state index in [9.17, 15) is 18.0 Å². The number of nitrogens with one attached hydrogen (secondary N) is 1. The molecule has 3 nitrogen and oxygen atoms in total. The lowest BCUT2D eigenvalue weighted by molar-refractivity contribution is -0.138. The van der Waals surface area contributed by atoms with Crippen molar-refractivity contribution in [2.24, 2.45) is 5.92 Å². The zero-order valence-corrected chi connectivity index (χ0v) is 13.1. The molecule has 0 aliphatic heterocycles. The van der Waals surface area contributed by atoms with E-state index in [-0.39, 0.29) is 18.0 Å². The summed E-state index contributed by atoms with van der Waals surface area (Å²) in [6, 6.07) is 3.97. The topological polar surface area (TPSA) is 49.3 Å². The molecule has 1 rings (SSSR count). The molecule has 21 heavy (non-hydrogen) atoms. The summed E-state index contributed by atoms with van der Waals surface area (Å²) in [6.45, 7) is 2.25. The van der Waals surface area contributed by atoms with Crippen molar-refractivity contribution >= 4 is 27.6 Å². The van der Waals surface area contributed by atoms with Gasteiger partial charge in [0.15, 0.2) is 0 Å². The highest BCUT2D eigenvalue weighted by Gasteiger charge is 2.33. The number of hydrogen-bond acceptors (Lipinski definition) is 2. The Balaban J connectivity index is 2.58. The summed E-state index contributed by atoms with van der Waals surface area (Å²) < 4.78 is 39.1. The maximum atomic E-state index is 12.9. The lowest BCUT2D eigenvalue weighted by Gasteiger charge is -2.16. The molecule has 0 bridgehead atoms. The monoisotopic (exact) mass is 367 g/mol. The fraction of sp³-hybridized carbons (Fsp3) is 0.500. The van der Waals surface area contributed by atoms with Gasteiger partial charge in [-0.1, -0.05) is 22.9 Å². The molecule has 118 valence electrons. The first-order chi connectivity index (χ1) is 9.70. The Kier molecular flexibility index (Phi) is 6.51. The SMILES string of the molecule is CC(CCNc1ccc(Br)cc1C(F)(F)F)CCC(=O)O. The lowest BCUT2D eigenvalue weighted by atomic mass is 10.0. The van der Waals surface area contributed by atoms with Crippen molar-refractivity contribution in [3.05, 3.63) is 28.2 Å². The predicted octanol–water partition coefficient (Wildman–Crippen LogP) is 4.77. The van der Waals surface area contributed by atoms with Crippen molar-refractivity contribution in [3.8, 4) is 0 Å². The van der Waals surface area contributed by atoms with Crippen LogP contribution in [-0.2, 0) is 11.0 Å². The Bertz CT molecular complexity index is 492. The minimum Gasteiger partial charge on any atom is -0.481 e. The van der Waals surface area contributed by atoms with Gasteiger partial charge in [-0.25, -0.2) is 0 Å². The normalized spacial score (nSPS) is 13.0. The van der Waals surface area contributed by atoms with E-state index in [1.54, 1.807) is 6.07 Å². The second kappa shape index (κ2) is 7.68. The third-order valence-corrected chi connectivity index (χ3v) is 3.58. The van der Waals surface area contributed by atoms with Crippen molar-refractivity contribution in [2.75, 3.05) is 11.9 Å². The third kappa shape index (κ3) is 6.37. The van der Waals surface area contributed by atoms with Crippen molar-refractivity contribution in [1.82, 2.24) is 0 Å². The first-order valence-corrected chi connectivity index (χ1v) is 7.32. The number of carboxylic acids is 1. The molecule has 0 aromatic heterocycles. The molecular formula is C14H17BrF3NO2. The summed E-state index contributed by atoms with van der Waals surface area (Å²) in [7, 11) is 0.